The van der Waals surface area contributed by atoms with Crippen LogP contribution in [0.4, 0.5) is 0 Å². The number of aryl methyl sites for hydroxylation is 1. The number of Topliss-reactive ketones (excluding diaryl/α,β-unsaturated/α-hetero) is 1. The van der Waals surface area contributed by atoms with Crippen molar-refractivity contribution in [2.75, 3.05) is 0 Å². The van der Waals surface area contributed by atoms with Crippen LogP contribution < -0.4 is 0 Å². The molecule has 1 aromatic heterocycles. The lowest BCUT2D eigenvalue weighted by Crippen LogP contribution is -2.40. The molecule has 0 bridgehead atoms. The third-order valence-corrected chi connectivity index (χ3v) is 4.59. The Morgan fingerprint density at radius 1 is 1.40 bits per heavy atom. The van der Waals surface area contributed by atoms with Crippen molar-refractivity contribution in [2.45, 2.75) is 44.1 Å². The fraction of sp³-hybridized carbons (Fsp3) is 0.500. The number of aliphatic hydroxyl groups is 1. The van der Waals surface area contributed by atoms with Gasteiger partial charge < -0.3 is 5.11 Å². The number of carbonyl (C=O) groups is 1. The van der Waals surface area contributed by atoms with Gasteiger partial charge in [-0.1, -0.05) is 12.1 Å². The first kappa shape index (κ1) is 13.3. The van der Waals surface area contributed by atoms with Gasteiger partial charge in [0.1, 0.15) is 5.60 Å². The summed E-state index contributed by atoms with van der Waals surface area (Å²) in [4.78, 5) is 11.5. The zero-order valence-corrected chi connectivity index (χ0v) is 12.0. The van der Waals surface area contributed by atoms with Crippen LogP contribution in [0.15, 0.2) is 24.4 Å². The van der Waals surface area contributed by atoms with Crippen molar-refractivity contribution in [3.8, 4) is 0 Å². The predicted octanol–water partition coefficient (Wildman–Crippen LogP) is 2.55. The first-order valence-corrected chi connectivity index (χ1v) is 7.15. The molecule has 4 heteroatoms. The van der Waals surface area contributed by atoms with E-state index in [1.165, 1.54) is 12.5 Å². The van der Waals surface area contributed by atoms with E-state index in [2.05, 4.69) is 23.3 Å². The SMILES string of the molecule is CC(=O)C1(O)CCC(c2ccc3cn(C)nc3c2)CC1. The molecule has 0 aliphatic heterocycles. The molecular weight excluding hydrogens is 252 g/mol. The Balaban J connectivity index is 1.81. The van der Waals surface area contributed by atoms with Crippen LogP contribution in [-0.2, 0) is 11.8 Å². The number of carbonyl (C=O) groups excluding carboxylic acids is 1. The van der Waals surface area contributed by atoms with E-state index in [9.17, 15) is 9.90 Å². The molecule has 1 aliphatic carbocycles. The Morgan fingerprint density at radius 3 is 2.75 bits per heavy atom. The second-order valence-corrected chi connectivity index (χ2v) is 5.98. The van der Waals surface area contributed by atoms with E-state index in [4.69, 9.17) is 0 Å². The van der Waals surface area contributed by atoms with Crippen molar-refractivity contribution in [3.05, 3.63) is 30.0 Å². The molecule has 0 unspecified atom stereocenters. The first-order valence-electron chi connectivity index (χ1n) is 7.15. The van der Waals surface area contributed by atoms with Gasteiger partial charge in [0.05, 0.1) is 5.52 Å². The molecule has 4 nitrogen and oxygen atoms in total. The molecule has 1 fully saturated rings. The zero-order valence-electron chi connectivity index (χ0n) is 12.0. The fourth-order valence-electron chi connectivity index (χ4n) is 3.19. The summed E-state index contributed by atoms with van der Waals surface area (Å²) < 4.78 is 1.82. The minimum atomic E-state index is -1.09. The monoisotopic (exact) mass is 272 g/mol. The molecule has 1 aliphatic rings. The van der Waals surface area contributed by atoms with Gasteiger partial charge in [0.25, 0.3) is 0 Å². The van der Waals surface area contributed by atoms with Gasteiger partial charge in [-0.25, -0.2) is 0 Å². The molecule has 106 valence electrons. The Kier molecular flexibility index (Phi) is 3.13. The smallest absolute Gasteiger partial charge is 0.161 e. The Morgan fingerprint density at radius 2 is 2.10 bits per heavy atom. The summed E-state index contributed by atoms with van der Waals surface area (Å²) >= 11 is 0. The summed E-state index contributed by atoms with van der Waals surface area (Å²) in [5.41, 5.74) is 1.19. The summed E-state index contributed by atoms with van der Waals surface area (Å²) in [6, 6.07) is 6.38. The van der Waals surface area contributed by atoms with Gasteiger partial charge in [0.15, 0.2) is 5.78 Å². The van der Waals surface area contributed by atoms with Crippen molar-refractivity contribution >= 4 is 16.7 Å². The topological polar surface area (TPSA) is 55.1 Å². The largest absolute Gasteiger partial charge is 0.382 e. The normalized spacial score (nSPS) is 26.9. The highest BCUT2D eigenvalue weighted by Crippen LogP contribution is 2.38. The van der Waals surface area contributed by atoms with Crippen LogP contribution >= 0.6 is 0 Å². The standard InChI is InChI=1S/C16H20N2O2/c1-11(19)16(20)7-5-12(6-8-16)13-3-4-14-10-18(2)17-15(14)9-13/h3-4,9-10,12,20H,5-8H2,1-2H3. The lowest BCUT2D eigenvalue weighted by molar-refractivity contribution is -0.138. The molecular formula is C16H20N2O2. The number of aromatic nitrogens is 2. The van der Waals surface area contributed by atoms with Crippen molar-refractivity contribution in [1.29, 1.82) is 0 Å². The number of hydrogen-bond acceptors (Lipinski definition) is 3. The molecule has 0 radical (unpaired) electrons. The molecule has 1 aromatic carbocycles. The number of hydrogen-bond donors (Lipinski definition) is 1. The van der Waals surface area contributed by atoms with Gasteiger partial charge in [-0.3, -0.25) is 9.48 Å². The van der Waals surface area contributed by atoms with E-state index in [1.807, 2.05) is 17.9 Å². The molecule has 2 aromatic rings. The van der Waals surface area contributed by atoms with Crippen LogP contribution in [0.1, 0.15) is 44.1 Å². The summed E-state index contributed by atoms with van der Waals surface area (Å²) in [5, 5.41) is 15.8. The predicted molar refractivity (Wildman–Crippen MR) is 77.6 cm³/mol. The summed E-state index contributed by atoms with van der Waals surface area (Å²) in [7, 11) is 1.92. The second kappa shape index (κ2) is 4.70. The Hall–Kier alpha value is -1.68. The lowest BCUT2D eigenvalue weighted by Gasteiger charge is -2.34. The van der Waals surface area contributed by atoms with Gasteiger partial charge >= 0.3 is 0 Å². The highest BCUT2D eigenvalue weighted by molar-refractivity contribution is 5.84. The van der Waals surface area contributed by atoms with E-state index >= 15 is 0 Å². The van der Waals surface area contributed by atoms with E-state index in [-0.39, 0.29) is 5.78 Å². The van der Waals surface area contributed by atoms with Crippen molar-refractivity contribution in [3.63, 3.8) is 0 Å². The van der Waals surface area contributed by atoms with Crippen LogP contribution in [-0.4, -0.2) is 26.3 Å². The van der Waals surface area contributed by atoms with Gasteiger partial charge in [-0.05, 0) is 50.2 Å². The van der Waals surface area contributed by atoms with E-state index in [1.54, 1.807) is 0 Å². The number of fused-ring (bicyclic) bond motifs is 1. The lowest BCUT2D eigenvalue weighted by atomic mass is 9.74. The molecule has 0 atom stereocenters. The number of ketones is 1. The van der Waals surface area contributed by atoms with E-state index in [0.717, 1.165) is 23.7 Å². The molecule has 0 saturated heterocycles. The zero-order chi connectivity index (χ0) is 14.3. The minimum Gasteiger partial charge on any atom is -0.382 e. The summed E-state index contributed by atoms with van der Waals surface area (Å²) in [5.74, 6) is 0.317. The maximum absolute atomic E-state index is 11.5. The molecule has 1 saturated carbocycles. The number of nitrogens with zero attached hydrogens (tertiary/aromatic N) is 2. The van der Waals surface area contributed by atoms with Crippen LogP contribution in [0, 0.1) is 0 Å². The van der Waals surface area contributed by atoms with Crippen molar-refractivity contribution in [2.24, 2.45) is 7.05 Å². The Bertz CT molecular complexity index is 652. The van der Waals surface area contributed by atoms with Gasteiger partial charge in [0.2, 0.25) is 0 Å². The molecule has 0 spiro atoms. The molecule has 20 heavy (non-hydrogen) atoms. The van der Waals surface area contributed by atoms with Crippen LogP contribution in [0.25, 0.3) is 10.9 Å². The number of benzene rings is 1. The third-order valence-electron chi connectivity index (χ3n) is 4.59. The van der Waals surface area contributed by atoms with Crippen LogP contribution in [0.5, 0.6) is 0 Å². The fourth-order valence-corrected chi connectivity index (χ4v) is 3.19. The van der Waals surface area contributed by atoms with E-state index in [0.29, 0.717) is 18.8 Å². The van der Waals surface area contributed by atoms with E-state index < -0.39 is 5.60 Å². The average Bonchev–Trinajstić information content (AvgIpc) is 2.78. The summed E-state index contributed by atoms with van der Waals surface area (Å²) in [6.45, 7) is 1.49. The number of rotatable bonds is 2. The van der Waals surface area contributed by atoms with Crippen LogP contribution in [0.2, 0.25) is 0 Å². The van der Waals surface area contributed by atoms with Crippen molar-refractivity contribution < 1.29 is 9.90 Å². The quantitative estimate of drug-likeness (QED) is 0.914. The third kappa shape index (κ3) is 2.24. The molecule has 1 heterocycles. The van der Waals surface area contributed by atoms with Crippen LogP contribution in [0.3, 0.4) is 0 Å². The molecule has 3 rings (SSSR count). The maximum atomic E-state index is 11.5. The highest BCUT2D eigenvalue weighted by Gasteiger charge is 2.37. The van der Waals surface area contributed by atoms with Gasteiger partial charge in [-0.2, -0.15) is 5.10 Å². The molecule has 0 amide bonds. The molecule has 1 N–H and O–H groups in total. The van der Waals surface area contributed by atoms with Crippen molar-refractivity contribution in [1.82, 2.24) is 9.78 Å². The highest BCUT2D eigenvalue weighted by atomic mass is 16.3. The van der Waals surface area contributed by atoms with Gasteiger partial charge in [0, 0.05) is 18.6 Å². The first-order chi connectivity index (χ1) is 9.48. The maximum Gasteiger partial charge on any atom is 0.161 e. The Labute approximate surface area is 118 Å². The van der Waals surface area contributed by atoms with Gasteiger partial charge in [-0.15, -0.1) is 0 Å². The summed E-state index contributed by atoms with van der Waals surface area (Å²) in [6.07, 6.45) is 4.85. The average molecular weight is 272 g/mol. The minimum absolute atomic E-state index is 0.101. The second-order valence-electron chi connectivity index (χ2n) is 5.98.